The number of hydrogen-bond acceptors (Lipinski definition) is 4. The van der Waals surface area contributed by atoms with Crippen molar-refractivity contribution < 1.29 is 0 Å². The van der Waals surface area contributed by atoms with Crippen LogP contribution in [0.15, 0.2) is 67.0 Å². The Morgan fingerprint density at radius 2 is 1.73 bits per heavy atom. The van der Waals surface area contributed by atoms with Crippen LogP contribution in [0.3, 0.4) is 0 Å². The summed E-state index contributed by atoms with van der Waals surface area (Å²) in [5, 5.41) is 5.01. The van der Waals surface area contributed by atoms with Crippen LogP contribution in [0.1, 0.15) is 60.6 Å². The topological polar surface area (TPSA) is 49.2 Å². The van der Waals surface area contributed by atoms with Crippen LogP contribution in [0.4, 0.5) is 11.4 Å². The summed E-state index contributed by atoms with van der Waals surface area (Å²) in [7, 11) is 0. The summed E-state index contributed by atoms with van der Waals surface area (Å²) < 4.78 is 2.22. The first kappa shape index (κ1) is 27.7. The number of pyridine rings is 2. The summed E-state index contributed by atoms with van der Waals surface area (Å²) >= 11 is 13.0. The first-order chi connectivity index (χ1) is 19.7. The lowest BCUT2D eigenvalue weighted by Gasteiger charge is -2.37. The fourth-order valence-electron chi connectivity index (χ4n) is 6.74. The molecule has 2 saturated heterocycles. The maximum absolute atomic E-state index is 7.03. The lowest BCUT2D eigenvalue weighted by molar-refractivity contribution is 0.357. The standard InChI is InChI=1S/C33H37ClN6S/c1-20-9-12-30(36-17-20)39-23(4)15-26(24(39)5)32-31(28-8-6-7-13-35-28)37-33(41)40(32)25-10-11-29(27(34)16-25)38-18-21(2)14-22(3)19-38/h6-13,15-17,21-22,31-32H,14,18-19H2,1-5H3,(H,37,41)/t21-,22+,31-,32-/m1/s1. The molecule has 4 aromatic rings. The third kappa shape index (κ3) is 5.22. The maximum atomic E-state index is 7.03. The van der Waals surface area contributed by atoms with E-state index in [0.717, 1.165) is 58.0 Å². The Bertz CT molecular complexity index is 1560. The van der Waals surface area contributed by atoms with Crippen molar-refractivity contribution in [1.82, 2.24) is 19.9 Å². The Labute approximate surface area is 253 Å². The molecule has 212 valence electrons. The monoisotopic (exact) mass is 584 g/mol. The number of halogens is 1. The Morgan fingerprint density at radius 3 is 2.39 bits per heavy atom. The molecule has 0 unspecified atom stereocenters. The molecule has 1 N–H and O–H groups in total. The average Bonchev–Trinajstić information content (AvgIpc) is 3.44. The van der Waals surface area contributed by atoms with Crippen molar-refractivity contribution in [3.8, 4) is 5.82 Å². The fraction of sp³-hybridized carbons (Fsp3) is 0.364. The normalized spacial score (nSPS) is 22.7. The van der Waals surface area contributed by atoms with E-state index in [0.29, 0.717) is 16.9 Å². The van der Waals surface area contributed by atoms with Gasteiger partial charge in [-0.2, -0.15) is 0 Å². The molecule has 41 heavy (non-hydrogen) atoms. The molecule has 0 bridgehead atoms. The van der Waals surface area contributed by atoms with Gasteiger partial charge in [0, 0.05) is 42.6 Å². The van der Waals surface area contributed by atoms with Gasteiger partial charge in [0.05, 0.1) is 28.5 Å². The fourth-order valence-corrected chi connectivity index (χ4v) is 7.38. The number of aryl methyl sites for hydroxylation is 2. The van der Waals surface area contributed by atoms with Crippen molar-refractivity contribution in [2.24, 2.45) is 11.8 Å². The van der Waals surface area contributed by atoms with Gasteiger partial charge in [0.1, 0.15) is 5.82 Å². The highest BCUT2D eigenvalue weighted by Gasteiger charge is 2.42. The van der Waals surface area contributed by atoms with Crippen LogP contribution >= 0.6 is 23.8 Å². The molecule has 0 saturated carbocycles. The van der Waals surface area contributed by atoms with Crippen LogP contribution in [0, 0.1) is 32.6 Å². The lowest BCUT2D eigenvalue weighted by atomic mass is 9.91. The highest BCUT2D eigenvalue weighted by molar-refractivity contribution is 7.80. The van der Waals surface area contributed by atoms with E-state index in [9.17, 15) is 0 Å². The number of nitrogens with zero attached hydrogens (tertiary/aromatic N) is 5. The van der Waals surface area contributed by atoms with Gasteiger partial charge in [-0.1, -0.05) is 37.6 Å². The number of aromatic nitrogens is 3. The lowest BCUT2D eigenvalue weighted by Crippen LogP contribution is -2.38. The molecule has 6 nitrogen and oxygen atoms in total. The zero-order valence-electron chi connectivity index (χ0n) is 24.3. The number of benzene rings is 1. The van der Waals surface area contributed by atoms with Crippen LogP contribution in [-0.2, 0) is 0 Å². The number of hydrogen-bond donors (Lipinski definition) is 1. The van der Waals surface area contributed by atoms with Gasteiger partial charge in [0.2, 0.25) is 0 Å². The predicted octanol–water partition coefficient (Wildman–Crippen LogP) is 7.51. The molecule has 2 fully saturated rings. The summed E-state index contributed by atoms with van der Waals surface area (Å²) in [4.78, 5) is 14.1. The smallest absolute Gasteiger partial charge is 0.174 e. The van der Waals surface area contributed by atoms with Crippen molar-refractivity contribution in [1.29, 1.82) is 0 Å². The second-order valence-electron chi connectivity index (χ2n) is 11.8. The largest absolute Gasteiger partial charge is 0.370 e. The van der Waals surface area contributed by atoms with E-state index < -0.39 is 0 Å². The van der Waals surface area contributed by atoms with Crippen LogP contribution < -0.4 is 15.1 Å². The number of nitrogens with one attached hydrogen (secondary N) is 1. The average molecular weight is 585 g/mol. The van der Waals surface area contributed by atoms with Crippen molar-refractivity contribution in [2.45, 2.75) is 53.1 Å². The number of piperidine rings is 1. The molecular weight excluding hydrogens is 548 g/mol. The molecule has 0 spiro atoms. The van der Waals surface area contributed by atoms with E-state index in [1.165, 1.54) is 12.0 Å². The van der Waals surface area contributed by atoms with Gasteiger partial charge in [-0.15, -0.1) is 0 Å². The van der Waals surface area contributed by atoms with Gasteiger partial charge in [0.25, 0.3) is 0 Å². The van der Waals surface area contributed by atoms with Crippen molar-refractivity contribution in [2.75, 3.05) is 22.9 Å². The van der Waals surface area contributed by atoms with Crippen LogP contribution in [0.25, 0.3) is 5.82 Å². The van der Waals surface area contributed by atoms with E-state index in [4.69, 9.17) is 33.8 Å². The second-order valence-corrected chi connectivity index (χ2v) is 12.6. The number of rotatable bonds is 5. The zero-order valence-corrected chi connectivity index (χ0v) is 25.9. The van der Waals surface area contributed by atoms with Crippen LogP contribution in [0.5, 0.6) is 0 Å². The van der Waals surface area contributed by atoms with Gasteiger partial charge in [-0.25, -0.2) is 4.98 Å². The van der Waals surface area contributed by atoms with Gasteiger partial charge >= 0.3 is 0 Å². The molecule has 1 aromatic carbocycles. The van der Waals surface area contributed by atoms with Gasteiger partial charge in [-0.05, 0) is 105 Å². The number of thiocarbonyl (C=S) groups is 1. The van der Waals surface area contributed by atoms with E-state index in [2.05, 4.69) is 96.8 Å². The first-order valence-electron chi connectivity index (χ1n) is 14.4. The molecular formula is C33H37ClN6S. The Balaban J connectivity index is 1.44. The maximum Gasteiger partial charge on any atom is 0.174 e. The molecule has 2 aliphatic heterocycles. The van der Waals surface area contributed by atoms with Crippen molar-refractivity contribution >= 4 is 40.3 Å². The Kier molecular flexibility index (Phi) is 7.51. The molecule has 3 aromatic heterocycles. The highest BCUT2D eigenvalue weighted by Crippen LogP contribution is 2.45. The molecule has 8 heteroatoms. The summed E-state index contributed by atoms with van der Waals surface area (Å²) in [6.45, 7) is 13.0. The summed E-state index contributed by atoms with van der Waals surface area (Å²) in [5.41, 5.74) is 7.56. The summed E-state index contributed by atoms with van der Waals surface area (Å²) in [6, 6.07) is 18.6. The van der Waals surface area contributed by atoms with Crippen molar-refractivity contribution in [3.63, 3.8) is 0 Å². The number of anilines is 2. The van der Waals surface area contributed by atoms with E-state index in [1.807, 2.05) is 24.5 Å². The molecule has 4 atom stereocenters. The van der Waals surface area contributed by atoms with E-state index in [1.54, 1.807) is 0 Å². The molecule has 6 rings (SSSR count). The van der Waals surface area contributed by atoms with Crippen LogP contribution in [-0.4, -0.2) is 32.7 Å². The van der Waals surface area contributed by atoms with Gasteiger partial charge in [-0.3, -0.25) is 4.98 Å². The molecule has 5 heterocycles. The molecule has 2 aliphatic rings. The zero-order chi connectivity index (χ0) is 28.8. The Morgan fingerprint density at radius 1 is 0.951 bits per heavy atom. The molecule has 0 radical (unpaired) electrons. The SMILES string of the molecule is Cc1ccc(-n2c(C)cc([C@@H]3[C@@H](c4ccccn4)NC(=S)N3c3ccc(N4C[C@H](C)C[C@H](C)C4)c(Cl)c3)c2C)nc1. The van der Waals surface area contributed by atoms with E-state index >= 15 is 0 Å². The van der Waals surface area contributed by atoms with E-state index in [-0.39, 0.29) is 12.1 Å². The minimum atomic E-state index is -0.133. The summed E-state index contributed by atoms with van der Waals surface area (Å²) in [5.74, 6) is 2.20. The third-order valence-corrected chi connectivity index (χ3v) is 9.05. The van der Waals surface area contributed by atoms with Crippen LogP contribution in [0.2, 0.25) is 5.02 Å². The summed E-state index contributed by atoms with van der Waals surface area (Å²) in [6.07, 6.45) is 5.01. The van der Waals surface area contributed by atoms with Crippen molar-refractivity contribution in [3.05, 3.63) is 100 Å². The quantitative estimate of drug-likeness (QED) is 0.245. The molecule has 0 aliphatic carbocycles. The van der Waals surface area contributed by atoms with Gasteiger partial charge < -0.3 is 19.7 Å². The first-order valence-corrected chi connectivity index (χ1v) is 15.2. The van der Waals surface area contributed by atoms with Gasteiger partial charge in [0.15, 0.2) is 5.11 Å². The third-order valence-electron chi connectivity index (χ3n) is 8.43. The minimum absolute atomic E-state index is 0.125. The second kappa shape index (κ2) is 11.1. The highest BCUT2D eigenvalue weighted by atomic mass is 35.5. The molecule has 0 amide bonds. The minimum Gasteiger partial charge on any atom is -0.370 e. The Hall–Kier alpha value is -3.42. The predicted molar refractivity (Wildman–Crippen MR) is 172 cm³/mol.